The smallest absolute Gasteiger partial charge is 0.326 e. The molecule has 2 aromatic carbocycles. The van der Waals surface area contributed by atoms with Crippen LogP contribution in [0.25, 0.3) is 0 Å². The molecule has 1 saturated heterocycles. The topological polar surface area (TPSA) is 130 Å². The maximum Gasteiger partial charge on any atom is 0.326 e. The molecule has 0 radical (unpaired) electrons. The third kappa shape index (κ3) is 6.66. The van der Waals surface area contributed by atoms with Crippen LogP contribution in [-0.4, -0.2) is 54.3 Å². The first-order valence-corrected chi connectivity index (χ1v) is 14.6. The maximum atomic E-state index is 13.2. The van der Waals surface area contributed by atoms with E-state index in [1.807, 2.05) is 0 Å². The minimum Gasteiger partial charge on any atom is -0.480 e. The molecule has 4 rings (SSSR count). The number of amides is 1. The van der Waals surface area contributed by atoms with E-state index < -0.39 is 34.0 Å². The van der Waals surface area contributed by atoms with Gasteiger partial charge in [0.25, 0.3) is 0 Å². The molecule has 204 valence electrons. The summed E-state index contributed by atoms with van der Waals surface area (Å²) in [6.07, 6.45) is 4.31. The van der Waals surface area contributed by atoms with Crippen molar-refractivity contribution in [1.29, 1.82) is 0 Å². The van der Waals surface area contributed by atoms with Gasteiger partial charge < -0.3 is 15.2 Å². The average Bonchev–Trinajstić information content (AvgIpc) is 3.57. The number of carboxylic acid groups (broad SMARTS) is 1. The predicted molar refractivity (Wildman–Crippen MR) is 141 cm³/mol. The number of nitrogens with one attached hydrogen (secondary N) is 1. The SMILES string of the molecule is O=C(Oc1ccc(C[C@H](NC(=O)[C@@H]2CCCN2S(=O)(=O)c2cc(Cl)cc(Cl)c2)C(=O)O)cc1)C1CCCC1. The van der Waals surface area contributed by atoms with Gasteiger partial charge in [-0.2, -0.15) is 4.31 Å². The molecule has 1 heterocycles. The Labute approximate surface area is 231 Å². The van der Waals surface area contributed by atoms with E-state index in [4.69, 9.17) is 27.9 Å². The molecule has 12 heteroatoms. The van der Waals surface area contributed by atoms with E-state index in [-0.39, 0.29) is 46.2 Å². The lowest BCUT2D eigenvalue weighted by atomic mass is 10.0. The summed E-state index contributed by atoms with van der Waals surface area (Å²) >= 11 is 11.9. The van der Waals surface area contributed by atoms with Crippen LogP contribution < -0.4 is 10.1 Å². The first-order valence-electron chi connectivity index (χ1n) is 12.4. The number of carbonyl (C=O) groups is 3. The Bertz CT molecular complexity index is 1290. The largest absolute Gasteiger partial charge is 0.480 e. The van der Waals surface area contributed by atoms with Crippen LogP contribution in [0.3, 0.4) is 0 Å². The van der Waals surface area contributed by atoms with Gasteiger partial charge in [0.05, 0.1) is 10.8 Å². The second kappa shape index (κ2) is 12.0. The minimum absolute atomic E-state index is 0.0404. The number of hydrogen-bond acceptors (Lipinski definition) is 6. The van der Waals surface area contributed by atoms with Gasteiger partial charge in [0, 0.05) is 23.0 Å². The van der Waals surface area contributed by atoms with E-state index >= 15 is 0 Å². The number of benzene rings is 2. The van der Waals surface area contributed by atoms with Crippen molar-refractivity contribution in [1.82, 2.24) is 9.62 Å². The molecule has 9 nitrogen and oxygen atoms in total. The first kappa shape index (κ1) is 28.4. The molecule has 0 spiro atoms. The van der Waals surface area contributed by atoms with E-state index in [0.717, 1.165) is 30.0 Å². The van der Waals surface area contributed by atoms with Crippen LogP contribution in [0.1, 0.15) is 44.1 Å². The van der Waals surface area contributed by atoms with Gasteiger partial charge in [0.2, 0.25) is 15.9 Å². The Morgan fingerprint density at radius 3 is 2.24 bits per heavy atom. The molecule has 2 N–H and O–H groups in total. The highest BCUT2D eigenvalue weighted by Crippen LogP contribution is 2.30. The Hall–Kier alpha value is -2.66. The number of hydrogen-bond donors (Lipinski definition) is 2. The zero-order valence-corrected chi connectivity index (χ0v) is 22.8. The predicted octanol–water partition coefficient (Wildman–Crippen LogP) is 4.05. The van der Waals surface area contributed by atoms with Crippen LogP contribution >= 0.6 is 23.2 Å². The van der Waals surface area contributed by atoms with Gasteiger partial charge >= 0.3 is 11.9 Å². The fraction of sp³-hybridized carbons (Fsp3) is 0.423. The second-order valence-electron chi connectivity index (χ2n) is 9.53. The number of ether oxygens (including phenoxy) is 1. The Morgan fingerprint density at radius 2 is 1.63 bits per heavy atom. The van der Waals surface area contributed by atoms with E-state index in [0.29, 0.717) is 17.7 Å². The van der Waals surface area contributed by atoms with E-state index in [1.54, 1.807) is 24.3 Å². The van der Waals surface area contributed by atoms with Crippen LogP contribution in [-0.2, 0) is 30.8 Å². The molecule has 0 bridgehead atoms. The minimum atomic E-state index is -4.10. The van der Waals surface area contributed by atoms with Crippen LogP contribution in [0, 0.1) is 5.92 Å². The summed E-state index contributed by atoms with van der Waals surface area (Å²) < 4.78 is 32.9. The molecule has 2 atom stereocenters. The van der Waals surface area contributed by atoms with Crippen molar-refractivity contribution < 1.29 is 32.6 Å². The van der Waals surface area contributed by atoms with Crippen LogP contribution in [0.2, 0.25) is 10.0 Å². The van der Waals surface area contributed by atoms with Crippen LogP contribution in [0.15, 0.2) is 47.4 Å². The van der Waals surface area contributed by atoms with Gasteiger partial charge in [0.15, 0.2) is 0 Å². The lowest BCUT2D eigenvalue weighted by Crippen LogP contribution is -2.51. The fourth-order valence-electron chi connectivity index (χ4n) is 4.86. The second-order valence-corrected chi connectivity index (χ2v) is 12.3. The van der Waals surface area contributed by atoms with Gasteiger partial charge in [-0.1, -0.05) is 48.2 Å². The van der Waals surface area contributed by atoms with Gasteiger partial charge in [-0.25, -0.2) is 13.2 Å². The molecule has 0 unspecified atom stereocenters. The fourth-order valence-corrected chi connectivity index (χ4v) is 7.24. The van der Waals surface area contributed by atoms with Gasteiger partial charge in [-0.05, 0) is 61.6 Å². The molecule has 1 aliphatic carbocycles. The number of halogens is 2. The van der Waals surface area contributed by atoms with E-state index in [2.05, 4.69) is 5.32 Å². The van der Waals surface area contributed by atoms with E-state index in [9.17, 15) is 27.9 Å². The number of aliphatic carboxylic acids is 1. The molecule has 2 fully saturated rings. The Kier molecular flexibility index (Phi) is 8.97. The van der Waals surface area contributed by atoms with Gasteiger partial charge in [-0.15, -0.1) is 0 Å². The van der Waals surface area contributed by atoms with Crippen LogP contribution in [0.5, 0.6) is 5.75 Å². The van der Waals surface area contributed by atoms with Gasteiger partial charge in [0.1, 0.15) is 17.8 Å². The Balaban J connectivity index is 1.41. The maximum absolute atomic E-state index is 13.2. The summed E-state index contributed by atoms with van der Waals surface area (Å²) in [4.78, 5) is 37.1. The van der Waals surface area contributed by atoms with E-state index in [1.165, 1.54) is 18.2 Å². The summed E-state index contributed by atoms with van der Waals surface area (Å²) in [5, 5.41) is 12.5. The summed E-state index contributed by atoms with van der Waals surface area (Å²) in [5.74, 6) is -1.94. The van der Waals surface area contributed by atoms with Crippen molar-refractivity contribution in [3.05, 3.63) is 58.1 Å². The van der Waals surface area contributed by atoms with Gasteiger partial charge in [-0.3, -0.25) is 9.59 Å². The standard InChI is InChI=1S/C26H28Cl2N2O7S/c27-18-13-19(28)15-21(14-18)38(35,36)30-11-3-6-23(30)24(31)29-22(25(32)33)12-16-7-9-20(10-8-16)37-26(34)17-4-1-2-5-17/h7-10,13-15,17,22-23H,1-6,11-12H2,(H,29,31)(H,32,33)/t22-,23-/m0/s1. The monoisotopic (exact) mass is 582 g/mol. The molecule has 38 heavy (non-hydrogen) atoms. The van der Waals surface area contributed by atoms with Crippen molar-refractivity contribution in [3.8, 4) is 5.75 Å². The number of rotatable bonds is 9. The molecule has 1 amide bonds. The lowest BCUT2D eigenvalue weighted by Gasteiger charge is -2.25. The third-order valence-corrected chi connectivity index (χ3v) is 9.16. The Morgan fingerprint density at radius 1 is 1.00 bits per heavy atom. The van der Waals surface area contributed by atoms with Crippen LogP contribution in [0.4, 0.5) is 0 Å². The van der Waals surface area contributed by atoms with Crippen molar-refractivity contribution in [3.63, 3.8) is 0 Å². The lowest BCUT2D eigenvalue weighted by molar-refractivity contribution is -0.142. The number of esters is 1. The molecule has 1 saturated carbocycles. The molecule has 0 aromatic heterocycles. The van der Waals surface area contributed by atoms with Crippen molar-refractivity contribution in [2.45, 2.75) is 61.9 Å². The van der Waals surface area contributed by atoms with Crippen molar-refractivity contribution in [2.75, 3.05) is 6.54 Å². The summed E-state index contributed by atoms with van der Waals surface area (Å²) in [7, 11) is -4.10. The molecule has 2 aromatic rings. The van der Waals surface area contributed by atoms with Crippen molar-refractivity contribution in [2.24, 2.45) is 5.92 Å². The molecule has 2 aliphatic rings. The summed E-state index contributed by atoms with van der Waals surface area (Å²) in [6.45, 7) is 0.101. The highest BCUT2D eigenvalue weighted by Gasteiger charge is 2.40. The first-order chi connectivity index (χ1) is 18.0. The summed E-state index contributed by atoms with van der Waals surface area (Å²) in [6, 6.07) is 7.99. The number of carbonyl (C=O) groups excluding carboxylic acids is 2. The zero-order valence-electron chi connectivity index (χ0n) is 20.4. The zero-order chi connectivity index (χ0) is 27.4. The molecular formula is C26H28Cl2N2O7S. The quantitative estimate of drug-likeness (QED) is 0.337. The normalized spacial score (nSPS) is 19.3. The number of nitrogens with zero attached hydrogens (tertiary/aromatic N) is 1. The summed E-state index contributed by atoms with van der Waals surface area (Å²) in [5.41, 5.74) is 0.600. The highest BCUT2D eigenvalue weighted by atomic mass is 35.5. The molecule has 1 aliphatic heterocycles. The highest BCUT2D eigenvalue weighted by molar-refractivity contribution is 7.89. The number of carboxylic acids is 1. The molecular weight excluding hydrogens is 555 g/mol. The third-order valence-electron chi connectivity index (χ3n) is 6.83. The average molecular weight is 583 g/mol. The van der Waals surface area contributed by atoms with Crippen molar-refractivity contribution >= 4 is 51.1 Å². The number of sulfonamides is 1.